The van der Waals surface area contributed by atoms with Crippen molar-refractivity contribution in [2.75, 3.05) is 33.9 Å². The molecule has 4 aromatic rings. The molecule has 42 heavy (non-hydrogen) atoms. The Morgan fingerprint density at radius 2 is 1.74 bits per heavy atom. The predicted octanol–water partition coefficient (Wildman–Crippen LogP) is 6.02. The van der Waals surface area contributed by atoms with Gasteiger partial charge in [0, 0.05) is 56.3 Å². The summed E-state index contributed by atoms with van der Waals surface area (Å²) >= 11 is 0. The number of pyridine rings is 2. The lowest BCUT2D eigenvalue weighted by molar-refractivity contribution is 0.0289. The summed E-state index contributed by atoms with van der Waals surface area (Å²) in [5, 5.41) is 2.92. The Kier molecular flexibility index (Phi) is 8.01. The van der Waals surface area contributed by atoms with E-state index < -0.39 is 13.7 Å². The largest absolute Gasteiger partial charge is 0.493 e. The van der Waals surface area contributed by atoms with Crippen molar-refractivity contribution in [2.24, 2.45) is 0 Å². The number of likely N-dealkylation sites (tertiary alicyclic amines) is 1. The molecule has 0 radical (unpaired) electrons. The molecule has 0 aliphatic carbocycles. The third kappa shape index (κ3) is 5.85. The van der Waals surface area contributed by atoms with Crippen LogP contribution in [0.5, 0.6) is 11.5 Å². The molecule has 1 fully saturated rings. The zero-order chi connectivity index (χ0) is 30.4. The minimum Gasteiger partial charge on any atom is -0.493 e. The second kappa shape index (κ2) is 11.3. The fraction of sp³-hybridized carbons (Fsp3) is 0.516. The molecule has 1 aliphatic rings. The molecule has 0 N–H and O–H groups in total. The molecule has 1 saturated heterocycles. The molecule has 0 unspecified atom stereocenters. The van der Waals surface area contributed by atoms with E-state index in [4.69, 9.17) is 23.9 Å². The van der Waals surface area contributed by atoms with Crippen LogP contribution in [0.2, 0.25) is 25.7 Å². The molecule has 1 atom stereocenters. The van der Waals surface area contributed by atoms with Crippen LogP contribution in [-0.4, -0.2) is 72.7 Å². The number of carbonyl (C=O) groups excluding carboxylic acids is 1. The van der Waals surface area contributed by atoms with Crippen molar-refractivity contribution in [3.05, 3.63) is 40.9 Å². The van der Waals surface area contributed by atoms with Crippen LogP contribution in [0.4, 0.5) is 4.79 Å². The van der Waals surface area contributed by atoms with Gasteiger partial charge in [0.2, 0.25) is 0 Å². The van der Waals surface area contributed by atoms with Crippen molar-refractivity contribution >= 4 is 46.9 Å². The summed E-state index contributed by atoms with van der Waals surface area (Å²) in [5.41, 5.74) is 0.767. The summed E-state index contributed by atoms with van der Waals surface area (Å²) in [7, 11) is 1.92. The second-order valence-electron chi connectivity index (χ2n) is 13.2. The van der Waals surface area contributed by atoms with Crippen LogP contribution in [-0.2, 0) is 16.2 Å². The van der Waals surface area contributed by atoms with E-state index in [-0.39, 0.29) is 17.7 Å². The Bertz CT molecular complexity index is 1700. The number of rotatable bonds is 8. The van der Waals surface area contributed by atoms with Gasteiger partial charge in [0.1, 0.15) is 18.0 Å². The van der Waals surface area contributed by atoms with Gasteiger partial charge in [-0.25, -0.2) is 9.78 Å². The van der Waals surface area contributed by atoms with Crippen LogP contribution in [0, 0.1) is 0 Å². The van der Waals surface area contributed by atoms with Crippen molar-refractivity contribution in [1.82, 2.24) is 19.0 Å². The normalized spacial score (nSPS) is 16.1. The first-order chi connectivity index (χ1) is 19.8. The van der Waals surface area contributed by atoms with Gasteiger partial charge in [-0.05, 0) is 51.4 Å². The minimum atomic E-state index is -1.21. The van der Waals surface area contributed by atoms with Crippen molar-refractivity contribution in [3.63, 3.8) is 0 Å². The highest BCUT2D eigenvalue weighted by molar-refractivity contribution is 6.76. The Morgan fingerprint density at radius 1 is 1.05 bits per heavy atom. The average molecular weight is 595 g/mol. The molecule has 226 valence electrons. The van der Waals surface area contributed by atoms with E-state index in [2.05, 4.69) is 19.6 Å². The number of aromatic nitrogens is 3. The van der Waals surface area contributed by atoms with Gasteiger partial charge >= 0.3 is 6.09 Å². The Balaban J connectivity index is 1.65. The van der Waals surface area contributed by atoms with Crippen LogP contribution in [0.15, 0.2) is 35.4 Å². The quantitative estimate of drug-likeness (QED) is 0.140. The van der Waals surface area contributed by atoms with Gasteiger partial charge < -0.3 is 33.0 Å². The molecule has 3 aromatic heterocycles. The van der Waals surface area contributed by atoms with Gasteiger partial charge in [0.05, 0.1) is 31.2 Å². The summed E-state index contributed by atoms with van der Waals surface area (Å²) < 4.78 is 26.6. The maximum Gasteiger partial charge on any atom is 0.410 e. The van der Waals surface area contributed by atoms with Crippen LogP contribution in [0.1, 0.15) is 33.2 Å². The summed E-state index contributed by atoms with van der Waals surface area (Å²) in [6, 6.07) is 6.40. The molecular formula is C31H42N4O6Si. The zero-order valence-corrected chi connectivity index (χ0v) is 26.9. The van der Waals surface area contributed by atoms with Crippen LogP contribution in [0.25, 0.3) is 32.7 Å². The monoisotopic (exact) mass is 594 g/mol. The van der Waals surface area contributed by atoms with E-state index in [1.807, 2.05) is 54.4 Å². The Labute approximate surface area is 247 Å². The number of carbonyl (C=O) groups is 1. The summed E-state index contributed by atoms with van der Waals surface area (Å²) in [5.74, 6) is 1.01. The third-order valence-electron chi connectivity index (χ3n) is 7.67. The minimum absolute atomic E-state index is 0.152. The lowest BCUT2D eigenvalue weighted by Crippen LogP contribution is -2.36. The Hall–Kier alpha value is -3.57. The molecule has 1 aliphatic heterocycles. The zero-order valence-electron chi connectivity index (χ0n) is 25.9. The van der Waals surface area contributed by atoms with E-state index in [1.54, 1.807) is 25.2 Å². The number of ether oxygens (including phenoxy) is 4. The third-order valence-corrected chi connectivity index (χ3v) is 9.38. The van der Waals surface area contributed by atoms with Crippen LogP contribution < -0.4 is 15.0 Å². The first-order valence-corrected chi connectivity index (χ1v) is 18.2. The van der Waals surface area contributed by atoms with E-state index >= 15 is 0 Å². The van der Waals surface area contributed by atoms with Crippen molar-refractivity contribution in [1.29, 1.82) is 0 Å². The highest BCUT2D eigenvalue weighted by atomic mass is 28.3. The number of methoxy groups -OCH3 is 2. The predicted molar refractivity (Wildman–Crippen MR) is 168 cm³/mol. The number of nitrogens with zero attached hydrogens (tertiary/aromatic N) is 4. The molecular weight excluding hydrogens is 552 g/mol. The van der Waals surface area contributed by atoms with Crippen LogP contribution >= 0.6 is 0 Å². The summed E-state index contributed by atoms with van der Waals surface area (Å²) in [4.78, 5) is 33.8. The smallest absolute Gasteiger partial charge is 0.410 e. The van der Waals surface area contributed by atoms with Crippen molar-refractivity contribution < 1.29 is 23.7 Å². The van der Waals surface area contributed by atoms with Gasteiger partial charge in [-0.1, -0.05) is 19.6 Å². The van der Waals surface area contributed by atoms with Gasteiger partial charge in [-0.2, -0.15) is 0 Å². The van der Waals surface area contributed by atoms with Gasteiger partial charge in [0.25, 0.3) is 5.56 Å². The number of benzene rings is 1. The first kappa shape index (κ1) is 29.9. The molecule has 0 spiro atoms. The average Bonchev–Trinajstić information content (AvgIpc) is 3.57. The molecule has 0 bridgehead atoms. The van der Waals surface area contributed by atoms with E-state index in [0.29, 0.717) is 49.7 Å². The fourth-order valence-electron chi connectivity index (χ4n) is 5.53. The molecule has 11 heteroatoms. The lowest BCUT2D eigenvalue weighted by Gasteiger charge is -2.25. The molecule has 4 heterocycles. The van der Waals surface area contributed by atoms with Gasteiger partial charge in [-0.3, -0.25) is 4.79 Å². The molecule has 10 nitrogen and oxygen atoms in total. The maximum absolute atomic E-state index is 14.3. The fourth-order valence-corrected chi connectivity index (χ4v) is 6.29. The standard InChI is InChI=1S/C31H42N4O6Si/c1-31(2,3)41-30(37)33-11-9-20(18-33)35-27-21-10-12-34(19-40-13-14-42(6,7)8)28(21)32-17-24(27)22-15-25(38-4)26(39-5)16-23(22)29(35)36/h10,12,15-17,20H,9,11,13-14,18-19H2,1-8H3/t20-/m1/s1. The van der Waals surface area contributed by atoms with E-state index in [0.717, 1.165) is 33.4 Å². The highest BCUT2D eigenvalue weighted by Crippen LogP contribution is 2.38. The highest BCUT2D eigenvalue weighted by Gasteiger charge is 2.33. The van der Waals surface area contributed by atoms with Gasteiger partial charge in [0.15, 0.2) is 11.5 Å². The summed E-state index contributed by atoms with van der Waals surface area (Å²) in [6.45, 7) is 14.5. The first-order valence-electron chi connectivity index (χ1n) is 14.4. The van der Waals surface area contributed by atoms with Gasteiger partial charge in [-0.15, -0.1) is 0 Å². The number of hydrogen-bond donors (Lipinski definition) is 0. The van der Waals surface area contributed by atoms with Crippen molar-refractivity contribution in [2.45, 2.75) is 71.3 Å². The maximum atomic E-state index is 14.3. The lowest BCUT2D eigenvalue weighted by atomic mass is 10.0. The van der Waals surface area contributed by atoms with E-state index in [1.165, 1.54) is 0 Å². The molecule has 5 rings (SSSR count). The van der Waals surface area contributed by atoms with Crippen molar-refractivity contribution in [3.8, 4) is 11.5 Å². The topological polar surface area (TPSA) is 97.1 Å². The SMILES string of the molecule is COc1cc2c(=O)n([C@@H]3CCN(C(=O)OC(C)(C)C)C3)c3c(cnc4c3ccn4COCC[Si](C)(C)C)c2cc1OC. The second-order valence-corrected chi connectivity index (χ2v) is 18.8. The molecule has 1 amide bonds. The Morgan fingerprint density at radius 3 is 2.38 bits per heavy atom. The molecule has 1 aromatic carbocycles. The number of amides is 1. The number of fused-ring (bicyclic) bond motifs is 5. The summed E-state index contributed by atoms with van der Waals surface area (Å²) in [6.07, 6.45) is 4.03. The number of hydrogen-bond acceptors (Lipinski definition) is 7. The van der Waals surface area contributed by atoms with E-state index in [9.17, 15) is 9.59 Å². The van der Waals surface area contributed by atoms with Crippen LogP contribution in [0.3, 0.4) is 0 Å². The molecule has 0 saturated carbocycles.